The van der Waals surface area contributed by atoms with Crippen LogP contribution in [0.2, 0.25) is 0 Å². The molecule has 114 valence electrons. The van der Waals surface area contributed by atoms with Gasteiger partial charge in [0.15, 0.2) is 0 Å². The second-order valence-corrected chi connectivity index (χ2v) is 5.82. The van der Waals surface area contributed by atoms with Crippen molar-refractivity contribution in [3.05, 3.63) is 70.1 Å². The molecule has 1 amide bonds. The van der Waals surface area contributed by atoms with Crippen LogP contribution in [0.3, 0.4) is 0 Å². The number of benzene rings is 1. The molecule has 5 nitrogen and oxygen atoms in total. The Morgan fingerprint density at radius 1 is 1.14 bits per heavy atom. The van der Waals surface area contributed by atoms with Crippen LogP contribution in [0, 0.1) is 0 Å². The van der Waals surface area contributed by atoms with Gasteiger partial charge in [-0.25, -0.2) is 0 Å². The topological polar surface area (TPSA) is 77.1 Å². The maximum Gasteiger partial charge on any atom is 0.250 e. The molecule has 1 aliphatic carbocycles. The normalized spacial score (nSPS) is 15.3. The van der Waals surface area contributed by atoms with Crippen LogP contribution in [0.1, 0.15) is 24.0 Å². The minimum Gasteiger partial charge on any atom is -0.350 e. The van der Waals surface area contributed by atoms with Crippen LogP contribution < -0.4 is 16.6 Å². The van der Waals surface area contributed by atoms with Crippen LogP contribution in [0.4, 0.5) is 0 Å². The molecule has 1 heterocycles. The van der Waals surface area contributed by atoms with Gasteiger partial charge in [0.1, 0.15) is 0 Å². The second kappa shape index (κ2) is 5.77. The van der Waals surface area contributed by atoms with Crippen molar-refractivity contribution < 1.29 is 4.79 Å². The SMILES string of the molecule is NC1(C(=O)NCc2ccc(Cn3ccccc3=O)cc2)CC1. The summed E-state index contributed by atoms with van der Waals surface area (Å²) in [7, 11) is 0. The maximum absolute atomic E-state index is 11.8. The number of rotatable bonds is 5. The number of hydrogen-bond donors (Lipinski definition) is 2. The van der Waals surface area contributed by atoms with E-state index in [9.17, 15) is 9.59 Å². The van der Waals surface area contributed by atoms with Gasteiger partial charge in [-0.05, 0) is 30.0 Å². The van der Waals surface area contributed by atoms with Crippen molar-refractivity contribution >= 4 is 5.91 Å². The van der Waals surface area contributed by atoms with Crippen molar-refractivity contribution in [3.63, 3.8) is 0 Å². The largest absolute Gasteiger partial charge is 0.350 e. The molecule has 0 radical (unpaired) electrons. The number of nitrogens with two attached hydrogens (primary N) is 1. The van der Waals surface area contributed by atoms with Crippen molar-refractivity contribution in [1.29, 1.82) is 0 Å². The Balaban J connectivity index is 1.59. The fourth-order valence-electron chi connectivity index (χ4n) is 2.27. The average Bonchev–Trinajstić information content (AvgIpc) is 3.28. The van der Waals surface area contributed by atoms with Gasteiger partial charge in [-0.2, -0.15) is 0 Å². The smallest absolute Gasteiger partial charge is 0.250 e. The molecule has 0 spiro atoms. The summed E-state index contributed by atoms with van der Waals surface area (Å²) in [6, 6.07) is 13.0. The molecule has 1 saturated carbocycles. The Morgan fingerprint density at radius 2 is 1.82 bits per heavy atom. The quantitative estimate of drug-likeness (QED) is 0.864. The number of carbonyl (C=O) groups excluding carboxylic acids is 1. The Hall–Kier alpha value is -2.40. The first-order chi connectivity index (χ1) is 10.6. The maximum atomic E-state index is 11.8. The summed E-state index contributed by atoms with van der Waals surface area (Å²) < 4.78 is 1.65. The lowest BCUT2D eigenvalue weighted by molar-refractivity contribution is -0.123. The molecule has 0 atom stereocenters. The second-order valence-electron chi connectivity index (χ2n) is 5.82. The van der Waals surface area contributed by atoms with Crippen LogP contribution >= 0.6 is 0 Å². The highest BCUT2D eigenvalue weighted by atomic mass is 16.2. The number of pyridine rings is 1. The minimum absolute atomic E-state index is 0.0171. The van der Waals surface area contributed by atoms with Gasteiger partial charge in [-0.1, -0.05) is 30.3 Å². The molecule has 1 aromatic carbocycles. The molecule has 3 rings (SSSR count). The van der Waals surface area contributed by atoms with Gasteiger partial charge in [0.2, 0.25) is 5.91 Å². The summed E-state index contributed by atoms with van der Waals surface area (Å²) in [4.78, 5) is 23.4. The Bertz CT molecular complexity index is 730. The molecule has 1 aliphatic rings. The molecule has 22 heavy (non-hydrogen) atoms. The Labute approximate surface area is 128 Å². The molecular weight excluding hydrogens is 278 g/mol. The molecule has 0 unspecified atom stereocenters. The Morgan fingerprint density at radius 3 is 2.45 bits per heavy atom. The summed E-state index contributed by atoms with van der Waals surface area (Å²) in [5.41, 5.74) is 7.24. The van der Waals surface area contributed by atoms with Crippen LogP contribution in [0.15, 0.2) is 53.5 Å². The highest BCUT2D eigenvalue weighted by Gasteiger charge is 2.45. The zero-order valence-corrected chi connectivity index (χ0v) is 12.3. The van der Waals surface area contributed by atoms with E-state index in [-0.39, 0.29) is 11.5 Å². The van der Waals surface area contributed by atoms with Crippen molar-refractivity contribution in [2.75, 3.05) is 0 Å². The fourth-order valence-corrected chi connectivity index (χ4v) is 2.27. The molecule has 0 saturated heterocycles. The predicted octanol–water partition coefficient (Wildman–Crippen LogP) is 1.00. The first kappa shape index (κ1) is 14.5. The zero-order valence-electron chi connectivity index (χ0n) is 12.3. The van der Waals surface area contributed by atoms with Gasteiger partial charge >= 0.3 is 0 Å². The molecule has 5 heteroatoms. The van der Waals surface area contributed by atoms with E-state index in [1.807, 2.05) is 30.3 Å². The fraction of sp³-hybridized carbons (Fsp3) is 0.294. The van der Waals surface area contributed by atoms with Crippen molar-refractivity contribution in [1.82, 2.24) is 9.88 Å². The van der Waals surface area contributed by atoms with E-state index in [0.29, 0.717) is 13.1 Å². The van der Waals surface area contributed by atoms with E-state index in [0.717, 1.165) is 24.0 Å². The number of hydrogen-bond acceptors (Lipinski definition) is 3. The molecule has 1 aromatic heterocycles. The van der Waals surface area contributed by atoms with E-state index in [2.05, 4.69) is 5.32 Å². The molecule has 0 bridgehead atoms. The summed E-state index contributed by atoms with van der Waals surface area (Å²) in [5, 5.41) is 2.86. The van der Waals surface area contributed by atoms with Crippen LogP contribution in [0.25, 0.3) is 0 Å². The first-order valence-electron chi connectivity index (χ1n) is 7.37. The van der Waals surface area contributed by atoms with Crippen molar-refractivity contribution in [3.8, 4) is 0 Å². The summed E-state index contributed by atoms with van der Waals surface area (Å²) in [6.07, 6.45) is 3.31. The number of carbonyl (C=O) groups is 1. The van der Waals surface area contributed by atoms with Gasteiger partial charge in [0.25, 0.3) is 5.56 Å². The molecule has 3 N–H and O–H groups in total. The summed E-state index contributed by atoms with van der Waals surface area (Å²) >= 11 is 0. The summed E-state index contributed by atoms with van der Waals surface area (Å²) in [6.45, 7) is 1.02. The van der Waals surface area contributed by atoms with Gasteiger partial charge in [0.05, 0.1) is 12.1 Å². The zero-order chi connectivity index (χ0) is 15.6. The van der Waals surface area contributed by atoms with E-state index < -0.39 is 5.54 Å². The average molecular weight is 297 g/mol. The number of aromatic nitrogens is 1. The number of nitrogens with one attached hydrogen (secondary N) is 1. The third-order valence-corrected chi connectivity index (χ3v) is 3.97. The van der Waals surface area contributed by atoms with Crippen molar-refractivity contribution in [2.45, 2.75) is 31.5 Å². The number of nitrogens with zero attached hydrogens (tertiary/aromatic N) is 1. The number of amides is 1. The Kier molecular flexibility index (Phi) is 3.81. The van der Waals surface area contributed by atoms with Gasteiger partial charge < -0.3 is 15.6 Å². The standard InChI is InChI=1S/C17H19N3O2/c18-17(8-9-17)16(22)19-11-13-4-6-14(7-5-13)12-20-10-2-1-3-15(20)21/h1-7,10H,8-9,11-12,18H2,(H,19,22). The summed E-state index contributed by atoms with van der Waals surface area (Å²) in [5.74, 6) is -0.0765. The van der Waals surface area contributed by atoms with Gasteiger partial charge in [0, 0.05) is 18.8 Å². The van der Waals surface area contributed by atoms with Crippen LogP contribution in [-0.4, -0.2) is 16.0 Å². The van der Waals surface area contributed by atoms with E-state index >= 15 is 0 Å². The third kappa shape index (κ3) is 3.26. The van der Waals surface area contributed by atoms with E-state index in [1.165, 1.54) is 0 Å². The third-order valence-electron chi connectivity index (χ3n) is 3.97. The lowest BCUT2D eigenvalue weighted by atomic mass is 10.1. The lowest BCUT2D eigenvalue weighted by Crippen LogP contribution is -2.42. The van der Waals surface area contributed by atoms with E-state index in [1.54, 1.807) is 22.9 Å². The first-order valence-corrected chi connectivity index (χ1v) is 7.37. The molecule has 0 aliphatic heterocycles. The van der Waals surface area contributed by atoms with E-state index in [4.69, 9.17) is 5.73 Å². The molecule has 2 aromatic rings. The van der Waals surface area contributed by atoms with Gasteiger partial charge in [-0.3, -0.25) is 9.59 Å². The van der Waals surface area contributed by atoms with Crippen LogP contribution in [0.5, 0.6) is 0 Å². The highest BCUT2D eigenvalue weighted by molar-refractivity contribution is 5.88. The molecule has 1 fully saturated rings. The minimum atomic E-state index is -0.631. The highest BCUT2D eigenvalue weighted by Crippen LogP contribution is 2.32. The van der Waals surface area contributed by atoms with Crippen LogP contribution in [-0.2, 0) is 17.9 Å². The predicted molar refractivity (Wildman–Crippen MR) is 84.2 cm³/mol. The monoisotopic (exact) mass is 297 g/mol. The van der Waals surface area contributed by atoms with Gasteiger partial charge in [-0.15, -0.1) is 0 Å². The molecular formula is C17H19N3O2. The van der Waals surface area contributed by atoms with Crippen molar-refractivity contribution in [2.24, 2.45) is 5.73 Å². The lowest BCUT2D eigenvalue weighted by Gasteiger charge is -2.10.